The third-order valence-electron chi connectivity index (χ3n) is 5.24. The van der Waals surface area contributed by atoms with E-state index in [1.807, 2.05) is 36.4 Å². The van der Waals surface area contributed by atoms with Crippen molar-refractivity contribution in [1.82, 2.24) is 5.32 Å². The summed E-state index contributed by atoms with van der Waals surface area (Å²) in [7, 11) is 0. The molecule has 0 saturated carbocycles. The van der Waals surface area contributed by atoms with E-state index in [1.54, 1.807) is 17.0 Å². The highest BCUT2D eigenvalue weighted by Gasteiger charge is 2.30. The Morgan fingerprint density at radius 3 is 2.56 bits per heavy atom. The average Bonchev–Trinajstić information content (AvgIpc) is 2.87. The van der Waals surface area contributed by atoms with Crippen molar-refractivity contribution < 1.29 is 19.8 Å². The molecule has 170 valence electrons. The number of rotatable bonds is 11. The van der Waals surface area contributed by atoms with Crippen LogP contribution in [0.4, 0.5) is 17.1 Å². The van der Waals surface area contributed by atoms with Crippen molar-refractivity contribution in [3.8, 4) is 0 Å². The number of amides is 1. The maximum atomic E-state index is 13.4. The van der Waals surface area contributed by atoms with Gasteiger partial charge in [-0.2, -0.15) is 0 Å². The number of hydrogen-bond acceptors (Lipinski definition) is 5. The van der Waals surface area contributed by atoms with Crippen LogP contribution in [0.25, 0.3) is 0 Å². The molecule has 0 spiro atoms. The molecule has 2 aromatic carbocycles. The Bertz CT molecular complexity index is 979. The smallest absolute Gasteiger partial charge is 0.328 e. The van der Waals surface area contributed by atoms with Gasteiger partial charge in [0.2, 0.25) is 0 Å². The number of aliphatic hydroxyl groups is 1. The highest BCUT2D eigenvalue weighted by molar-refractivity contribution is 6.31. The number of aliphatic carboxylic acids is 1. The molecule has 3 rings (SSSR count). The topological polar surface area (TPSA) is 93.1 Å². The number of para-hydroxylation sites is 1. The number of carbonyl (C=O) groups is 2. The maximum Gasteiger partial charge on any atom is 0.328 e. The minimum absolute atomic E-state index is 0.00666. The minimum Gasteiger partial charge on any atom is -0.478 e. The van der Waals surface area contributed by atoms with Gasteiger partial charge in [-0.3, -0.25) is 4.79 Å². The summed E-state index contributed by atoms with van der Waals surface area (Å²) in [4.78, 5) is 27.7. The van der Waals surface area contributed by atoms with E-state index < -0.39 is 5.97 Å². The van der Waals surface area contributed by atoms with Crippen LogP contribution >= 0.6 is 11.6 Å². The summed E-state index contributed by atoms with van der Waals surface area (Å²) in [6.45, 7) is 2.37. The Balaban J connectivity index is 1.80. The second-order valence-electron chi connectivity index (χ2n) is 7.49. The zero-order valence-electron chi connectivity index (χ0n) is 17.8. The van der Waals surface area contributed by atoms with Crippen molar-refractivity contribution in [2.45, 2.75) is 19.3 Å². The highest BCUT2D eigenvalue weighted by atomic mass is 35.5. The van der Waals surface area contributed by atoms with E-state index >= 15 is 0 Å². The van der Waals surface area contributed by atoms with Gasteiger partial charge >= 0.3 is 5.97 Å². The van der Waals surface area contributed by atoms with Gasteiger partial charge in [0.05, 0.1) is 22.6 Å². The van der Waals surface area contributed by atoms with Gasteiger partial charge in [0.15, 0.2) is 0 Å². The van der Waals surface area contributed by atoms with Gasteiger partial charge in [0.25, 0.3) is 5.91 Å². The first-order chi connectivity index (χ1) is 15.5. The molecule has 1 aliphatic rings. The van der Waals surface area contributed by atoms with Crippen molar-refractivity contribution in [2.24, 2.45) is 0 Å². The lowest BCUT2D eigenvalue weighted by Gasteiger charge is -2.28. The van der Waals surface area contributed by atoms with Gasteiger partial charge in [-0.25, -0.2) is 4.79 Å². The predicted molar refractivity (Wildman–Crippen MR) is 127 cm³/mol. The Labute approximate surface area is 192 Å². The zero-order chi connectivity index (χ0) is 22.9. The summed E-state index contributed by atoms with van der Waals surface area (Å²) in [5, 5.41) is 21.7. The van der Waals surface area contributed by atoms with Crippen molar-refractivity contribution in [3.63, 3.8) is 0 Å². The lowest BCUT2D eigenvalue weighted by atomic mass is 10.1. The molecule has 7 nitrogen and oxygen atoms in total. The molecule has 0 aromatic heterocycles. The van der Waals surface area contributed by atoms with Gasteiger partial charge in [-0.15, -0.1) is 0 Å². The van der Waals surface area contributed by atoms with Crippen LogP contribution in [0.1, 0.15) is 29.6 Å². The SMILES string of the molecule is O=C(O)/C=C/CNCCCCN1c2ccccc2C(=O)N(CCCO)c2ccc(Cl)cc21. The summed E-state index contributed by atoms with van der Waals surface area (Å²) in [6.07, 6.45) is 4.94. The Kier molecular flexibility index (Phi) is 8.67. The summed E-state index contributed by atoms with van der Waals surface area (Å²) in [6, 6.07) is 13.1. The molecule has 3 N–H and O–H groups in total. The number of nitrogens with zero attached hydrogens (tertiary/aromatic N) is 2. The largest absolute Gasteiger partial charge is 0.478 e. The molecule has 0 saturated heterocycles. The van der Waals surface area contributed by atoms with Gasteiger partial charge in [0.1, 0.15) is 0 Å². The number of aliphatic hydroxyl groups excluding tert-OH is 1. The molecule has 0 atom stereocenters. The molecular weight excluding hydrogens is 430 g/mol. The van der Waals surface area contributed by atoms with Crippen molar-refractivity contribution >= 4 is 40.5 Å². The zero-order valence-corrected chi connectivity index (χ0v) is 18.6. The number of fused-ring (bicyclic) bond motifs is 2. The second kappa shape index (κ2) is 11.7. The standard InChI is InChI=1S/C24H28ClN3O4/c25-18-10-11-21-22(17-18)27(14-4-3-12-26-13-5-9-23(30)31)20-8-2-1-7-19(20)24(32)28(21)15-6-16-29/h1-2,5,7-11,17,26,29H,3-4,6,12-16H2,(H,30,31)/b9-5+. The second-order valence-corrected chi connectivity index (χ2v) is 7.92. The fourth-order valence-corrected chi connectivity index (χ4v) is 3.94. The minimum atomic E-state index is -0.952. The first-order valence-electron chi connectivity index (χ1n) is 10.7. The van der Waals surface area contributed by atoms with Crippen molar-refractivity contribution in [1.29, 1.82) is 0 Å². The molecule has 0 radical (unpaired) electrons. The molecule has 1 amide bonds. The van der Waals surface area contributed by atoms with E-state index in [9.17, 15) is 14.7 Å². The van der Waals surface area contributed by atoms with Crippen LogP contribution < -0.4 is 15.1 Å². The molecule has 0 fully saturated rings. The summed E-state index contributed by atoms with van der Waals surface area (Å²) in [5.41, 5.74) is 3.10. The lowest BCUT2D eigenvalue weighted by molar-refractivity contribution is -0.131. The van der Waals surface area contributed by atoms with Gasteiger partial charge in [-0.1, -0.05) is 29.8 Å². The molecule has 2 aromatic rings. The van der Waals surface area contributed by atoms with Crippen molar-refractivity contribution in [2.75, 3.05) is 42.6 Å². The highest BCUT2D eigenvalue weighted by Crippen LogP contribution is 2.42. The van der Waals surface area contributed by atoms with Crippen LogP contribution in [-0.4, -0.2) is 54.9 Å². The van der Waals surface area contributed by atoms with E-state index in [4.69, 9.17) is 16.7 Å². The number of unbranched alkanes of at least 4 members (excludes halogenated alkanes) is 1. The number of hydrogen-bond donors (Lipinski definition) is 3. The molecular formula is C24H28ClN3O4. The fourth-order valence-electron chi connectivity index (χ4n) is 3.77. The molecule has 0 unspecified atom stereocenters. The fraction of sp³-hybridized carbons (Fsp3) is 0.333. The molecule has 1 heterocycles. The maximum absolute atomic E-state index is 13.4. The number of anilines is 3. The van der Waals surface area contributed by atoms with Gasteiger partial charge in [0, 0.05) is 37.3 Å². The number of carbonyl (C=O) groups excluding carboxylic acids is 1. The van der Waals surface area contributed by atoms with E-state index in [0.29, 0.717) is 36.6 Å². The third kappa shape index (κ3) is 5.88. The monoisotopic (exact) mass is 457 g/mol. The first-order valence-corrected chi connectivity index (χ1v) is 11.1. The van der Waals surface area contributed by atoms with E-state index in [2.05, 4.69) is 10.2 Å². The summed E-state index contributed by atoms with van der Waals surface area (Å²) >= 11 is 6.34. The van der Waals surface area contributed by atoms with Crippen LogP contribution in [0.2, 0.25) is 5.02 Å². The molecule has 1 aliphatic heterocycles. The van der Waals surface area contributed by atoms with Crippen LogP contribution in [0, 0.1) is 0 Å². The third-order valence-corrected chi connectivity index (χ3v) is 5.47. The van der Waals surface area contributed by atoms with E-state index in [1.165, 1.54) is 0 Å². The van der Waals surface area contributed by atoms with E-state index in [-0.39, 0.29) is 12.5 Å². The van der Waals surface area contributed by atoms with E-state index in [0.717, 1.165) is 42.5 Å². The Hall–Kier alpha value is -2.87. The normalized spacial score (nSPS) is 13.2. The number of benzene rings is 2. The van der Waals surface area contributed by atoms with Crippen LogP contribution in [0.3, 0.4) is 0 Å². The van der Waals surface area contributed by atoms with Crippen molar-refractivity contribution in [3.05, 3.63) is 65.2 Å². The predicted octanol–water partition coefficient (Wildman–Crippen LogP) is 3.83. The molecule has 8 heteroatoms. The first kappa shape index (κ1) is 23.8. The average molecular weight is 458 g/mol. The summed E-state index contributed by atoms with van der Waals surface area (Å²) in [5.74, 6) is -1.04. The van der Waals surface area contributed by atoms with Crippen LogP contribution in [0.15, 0.2) is 54.6 Å². The van der Waals surface area contributed by atoms with Crippen LogP contribution in [-0.2, 0) is 4.79 Å². The van der Waals surface area contributed by atoms with Gasteiger partial charge < -0.3 is 25.3 Å². The van der Waals surface area contributed by atoms with Gasteiger partial charge in [-0.05, 0) is 56.1 Å². The molecule has 0 aliphatic carbocycles. The number of carboxylic acids is 1. The Morgan fingerprint density at radius 2 is 1.78 bits per heavy atom. The lowest BCUT2D eigenvalue weighted by Crippen LogP contribution is -2.31. The van der Waals surface area contributed by atoms with Crippen LogP contribution in [0.5, 0.6) is 0 Å². The molecule has 0 bridgehead atoms. The summed E-state index contributed by atoms with van der Waals surface area (Å²) < 4.78 is 0. The number of carboxylic acid groups (broad SMARTS) is 1. The number of halogens is 1. The molecule has 32 heavy (non-hydrogen) atoms. The number of nitrogens with one attached hydrogen (secondary N) is 1. The quantitative estimate of drug-likeness (QED) is 0.351. The Morgan fingerprint density at radius 1 is 1.00 bits per heavy atom.